The van der Waals surface area contributed by atoms with E-state index in [-0.39, 0.29) is 40.2 Å². The number of aliphatic imine (C=N–C) groups is 1. The molecule has 2 aromatic rings. The Morgan fingerprint density at radius 3 is 2.53 bits per heavy atom. The normalized spacial score (nSPS) is 14.2. The second kappa shape index (κ2) is 11.8. The molecule has 196 valence electrons. The van der Waals surface area contributed by atoms with Crippen molar-refractivity contribution in [2.75, 3.05) is 30.3 Å². The second-order valence-corrected chi connectivity index (χ2v) is 10.4. The van der Waals surface area contributed by atoms with E-state index in [1.807, 2.05) is 4.90 Å². The van der Waals surface area contributed by atoms with E-state index >= 15 is 0 Å². The fourth-order valence-corrected chi connectivity index (χ4v) is 6.01. The number of aliphatic hydroxyl groups excluding tert-OH is 1. The molecule has 1 heterocycles. The van der Waals surface area contributed by atoms with Crippen LogP contribution in [-0.2, 0) is 27.8 Å². The van der Waals surface area contributed by atoms with Gasteiger partial charge in [0.1, 0.15) is 6.29 Å². The van der Waals surface area contributed by atoms with Gasteiger partial charge in [0.2, 0.25) is 10.0 Å². The van der Waals surface area contributed by atoms with Crippen LogP contribution in [0, 0.1) is 6.92 Å². The number of unbranched alkanes of at least 4 members (excludes halogenated alkanes) is 1. The Bertz CT molecular complexity index is 1290. The third-order valence-electron chi connectivity index (χ3n) is 6.58. The predicted octanol–water partition coefficient (Wildman–Crippen LogP) is 1.06. The highest BCUT2D eigenvalue weighted by atomic mass is 32.2. The van der Waals surface area contributed by atoms with Crippen molar-refractivity contribution in [2.24, 2.45) is 16.0 Å². The van der Waals surface area contributed by atoms with Crippen LogP contribution in [0.5, 0.6) is 0 Å². The van der Waals surface area contributed by atoms with Gasteiger partial charge in [-0.1, -0.05) is 0 Å². The second-order valence-electron chi connectivity index (χ2n) is 8.87. The minimum Gasteiger partial charge on any atom is -0.398 e. The van der Waals surface area contributed by atoms with Crippen molar-refractivity contribution >= 4 is 50.6 Å². The summed E-state index contributed by atoms with van der Waals surface area (Å²) in [6.07, 6.45) is 5.09. The van der Waals surface area contributed by atoms with Gasteiger partial charge in [-0.25, -0.2) is 19.4 Å². The van der Waals surface area contributed by atoms with E-state index in [4.69, 9.17) is 16.7 Å². The highest BCUT2D eigenvalue weighted by Crippen LogP contribution is 2.44. The zero-order chi connectivity index (χ0) is 26.5. The minimum atomic E-state index is -4.31. The van der Waals surface area contributed by atoms with Gasteiger partial charge >= 0.3 is 0 Å². The van der Waals surface area contributed by atoms with E-state index in [0.717, 1.165) is 12.8 Å². The molecular formula is C24H34N6O5S. The first-order valence-electron chi connectivity index (χ1n) is 11.9. The maximum absolute atomic E-state index is 13.1. The highest BCUT2D eigenvalue weighted by Gasteiger charge is 2.31. The number of nitrogen functional groups attached to an aromatic ring is 1. The number of carbonyl (C=O) groups is 2. The maximum atomic E-state index is 13.1. The van der Waals surface area contributed by atoms with Gasteiger partial charge in [-0.15, -0.1) is 0 Å². The number of nitrogens with zero attached hydrogens (tertiary/aromatic N) is 2. The Morgan fingerprint density at radius 1 is 1.25 bits per heavy atom. The topological polar surface area (TPSA) is 194 Å². The molecule has 11 nitrogen and oxygen atoms in total. The number of anilines is 2. The van der Waals surface area contributed by atoms with Crippen LogP contribution in [0.1, 0.15) is 59.2 Å². The molecule has 12 heteroatoms. The van der Waals surface area contributed by atoms with Gasteiger partial charge in [0.05, 0.1) is 17.8 Å². The van der Waals surface area contributed by atoms with Gasteiger partial charge in [0, 0.05) is 65.9 Å². The largest absolute Gasteiger partial charge is 0.398 e. The van der Waals surface area contributed by atoms with Crippen LogP contribution >= 0.6 is 0 Å². The highest BCUT2D eigenvalue weighted by molar-refractivity contribution is 7.89. The molecule has 0 amide bonds. The number of rotatable bonds is 12. The lowest BCUT2D eigenvalue weighted by molar-refractivity contribution is -0.107. The predicted molar refractivity (Wildman–Crippen MR) is 140 cm³/mol. The van der Waals surface area contributed by atoms with Crippen molar-refractivity contribution in [3.63, 3.8) is 0 Å². The molecule has 1 aliphatic rings. The third kappa shape index (κ3) is 5.51. The monoisotopic (exact) mass is 518 g/mol. The van der Waals surface area contributed by atoms with Gasteiger partial charge < -0.3 is 26.0 Å². The third-order valence-corrected chi connectivity index (χ3v) is 7.64. The standard InChI is InChI=1S/C24H34N6O5S/c1-15-21-17(12-18(22(15)25)20(33)6-2-3-8-28-14-29-26)19(13-32)24(36(27,34)35)16(7-11-31)23(21)30-9-4-5-10-30/h11-12,14,32H,2-10,13,25-26H2,1H3,(H,28,29)(H2,27,34,35). The van der Waals surface area contributed by atoms with Crippen LogP contribution in [0.2, 0.25) is 0 Å². The summed E-state index contributed by atoms with van der Waals surface area (Å²) in [5.41, 5.74) is 10.8. The molecule has 0 atom stereocenters. The minimum absolute atomic E-state index is 0.0630. The van der Waals surface area contributed by atoms with Crippen molar-refractivity contribution in [2.45, 2.75) is 57.0 Å². The molecule has 0 radical (unpaired) electrons. The van der Waals surface area contributed by atoms with Gasteiger partial charge in [-0.3, -0.25) is 9.79 Å². The zero-order valence-electron chi connectivity index (χ0n) is 20.4. The van der Waals surface area contributed by atoms with Crippen LogP contribution in [-0.4, -0.2) is 51.6 Å². The Morgan fingerprint density at radius 2 is 1.94 bits per heavy atom. The van der Waals surface area contributed by atoms with Gasteiger partial charge in [0.25, 0.3) is 0 Å². The Balaban J connectivity index is 2.25. The Hall–Kier alpha value is -3.06. The molecule has 1 fully saturated rings. The summed E-state index contributed by atoms with van der Waals surface area (Å²) in [5.74, 6) is 4.94. The first-order chi connectivity index (χ1) is 17.2. The number of Topliss-reactive ketones (excluding diaryl/α,β-unsaturated/α-hetero) is 1. The summed E-state index contributed by atoms with van der Waals surface area (Å²) in [6.45, 7) is 2.98. The quantitative estimate of drug-likeness (QED) is 0.0399. The molecule has 8 N–H and O–H groups in total. The van der Waals surface area contributed by atoms with Crippen molar-refractivity contribution in [1.29, 1.82) is 0 Å². The average Bonchev–Trinajstić information content (AvgIpc) is 3.36. The number of nitrogens with two attached hydrogens (primary N) is 3. The first kappa shape index (κ1) is 27.5. The van der Waals surface area contributed by atoms with E-state index in [9.17, 15) is 23.1 Å². The van der Waals surface area contributed by atoms with Gasteiger partial charge in [-0.2, -0.15) is 0 Å². The number of hydrogen-bond acceptors (Lipinski definition) is 9. The lowest BCUT2D eigenvalue weighted by Gasteiger charge is -2.28. The van der Waals surface area contributed by atoms with Crippen molar-refractivity contribution in [3.8, 4) is 0 Å². The number of hydrazine groups is 1. The molecular weight excluding hydrogens is 484 g/mol. The molecule has 0 spiro atoms. The molecule has 36 heavy (non-hydrogen) atoms. The maximum Gasteiger partial charge on any atom is 0.238 e. The lowest BCUT2D eigenvalue weighted by Crippen LogP contribution is -2.25. The van der Waals surface area contributed by atoms with Crippen LogP contribution in [0.25, 0.3) is 10.8 Å². The van der Waals surface area contributed by atoms with E-state index in [1.54, 1.807) is 13.0 Å². The van der Waals surface area contributed by atoms with Crippen LogP contribution in [0.4, 0.5) is 11.4 Å². The number of hydrogen-bond donors (Lipinski definition) is 5. The van der Waals surface area contributed by atoms with E-state index in [1.165, 1.54) is 6.34 Å². The summed E-state index contributed by atoms with van der Waals surface area (Å²) < 4.78 is 25.5. The molecule has 0 aliphatic carbocycles. The molecule has 1 saturated heterocycles. The van der Waals surface area contributed by atoms with Crippen molar-refractivity contribution < 1.29 is 23.1 Å². The summed E-state index contributed by atoms with van der Waals surface area (Å²) in [6, 6.07) is 1.56. The fourth-order valence-electron chi connectivity index (χ4n) is 4.97. The number of ketones is 1. The molecule has 0 bridgehead atoms. The first-order valence-corrected chi connectivity index (χ1v) is 13.4. The smallest absolute Gasteiger partial charge is 0.238 e. The number of primary sulfonamides is 1. The number of benzene rings is 2. The average molecular weight is 519 g/mol. The number of aldehydes is 1. The molecule has 1 aliphatic heterocycles. The molecule has 0 unspecified atom stereocenters. The number of aliphatic hydroxyl groups is 1. The SMILES string of the molecule is Cc1c(N)c(C(=O)CCCCN=CNN)cc2c(CO)c(S(N)(=O)=O)c(CC=O)c(N3CCCC3)c12. The number of aryl methyl sites for hydroxylation is 1. The Kier molecular flexibility index (Phi) is 9.01. The Labute approximate surface area is 210 Å². The lowest BCUT2D eigenvalue weighted by atomic mass is 9.89. The van der Waals surface area contributed by atoms with Gasteiger partial charge in [-0.05, 0) is 49.6 Å². The van der Waals surface area contributed by atoms with Crippen LogP contribution in [0.15, 0.2) is 16.0 Å². The molecule has 0 aromatic heterocycles. The van der Waals surface area contributed by atoms with E-state index in [0.29, 0.717) is 66.5 Å². The van der Waals surface area contributed by atoms with E-state index < -0.39 is 16.6 Å². The van der Waals surface area contributed by atoms with Crippen molar-refractivity contribution in [1.82, 2.24) is 5.43 Å². The summed E-state index contributed by atoms with van der Waals surface area (Å²) in [7, 11) is -4.31. The molecule has 2 aromatic carbocycles. The number of sulfonamides is 1. The number of fused-ring (bicyclic) bond motifs is 1. The number of nitrogens with one attached hydrogen (secondary N) is 1. The molecule has 0 saturated carbocycles. The van der Waals surface area contributed by atoms with E-state index in [2.05, 4.69) is 10.4 Å². The number of carbonyl (C=O) groups excluding carboxylic acids is 2. The van der Waals surface area contributed by atoms with Crippen LogP contribution in [0.3, 0.4) is 0 Å². The van der Waals surface area contributed by atoms with Crippen LogP contribution < -0.4 is 27.0 Å². The zero-order valence-corrected chi connectivity index (χ0v) is 21.2. The van der Waals surface area contributed by atoms with Gasteiger partial charge in [0.15, 0.2) is 5.78 Å². The summed E-state index contributed by atoms with van der Waals surface area (Å²) in [4.78, 5) is 30.6. The summed E-state index contributed by atoms with van der Waals surface area (Å²) in [5, 5.41) is 16.9. The van der Waals surface area contributed by atoms with Crippen molar-refractivity contribution in [3.05, 3.63) is 28.3 Å². The summed E-state index contributed by atoms with van der Waals surface area (Å²) >= 11 is 0. The fraction of sp³-hybridized carbons (Fsp3) is 0.458. The molecule has 3 rings (SSSR count).